The maximum absolute atomic E-state index is 12.5. The monoisotopic (exact) mass is 432 g/mol. The summed E-state index contributed by atoms with van der Waals surface area (Å²) < 4.78 is 38.3. The zero-order chi connectivity index (χ0) is 20.9. The van der Waals surface area contributed by atoms with Gasteiger partial charge < -0.3 is 9.47 Å². The van der Waals surface area contributed by atoms with E-state index in [-0.39, 0.29) is 28.5 Å². The Bertz CT molecular complexity index is 1120. The van der Waals surface area contributed by atoms with E-state index < -0.39 is 16.0 Å². The Labute approximate surface area is 173 Å². The summed E-state index contributed by atoms with van der Waals surface area (Å²) in [6.45, 7) is 1.82. The highest BCUT2D eigenvalue weighted by Crippen LogP contribution is 2.30. The van der Waals surface area contributed by atoms with E-state index in [9.17, 15) is 13.2 Å². The molecule has 150 valence electrons. The molecule has 0 unspecified atom stereocenters. The van der Waals surface area contributed by atoms with E-state index in [0.29, 0.717) is 10.8 Å². The van der Waals surface area contributed by atoms with Crippen LogP contribution in [0.2, 0.25) is 5.02 Å². The predicted octanol–water partition coefficient (Wildman–Crippen LogP) is 4.50. The summed E-state index contributed by atoms with van der Waals surface area (Å²) in [7, 11) is -3.82. The summed E-state index contributed by atoms with van der Waals surface area (Å²) in [6.07, 6.45) is 2.88. The average molecular weight is 433 g/mol. The van der Waals surface area contributed by atoms with Crippen LogP contribution in [-0.4, -0.2) is 26.0 Å². The molecule has 29 heavy (non-hydrogen) atoms. The van der Waals surface area contributed by atoms with Gasteiger partial charge in [-0.05, 0) is 37.3 Å². The minimum atomic E-state index is -3.82. The van der Waals surface area contributed by atoms with Crippen LogP contribution in [0.3, 0.4) is 0 Å². The lowest BCUT2D eigenvalue weighted by molar-refractivity contribution is 0.0523. The first-order chi connectivity index (χ1) is 13.9. The second-order valence-corrected chi connectivity index (χ2v) is 7.91. The summed E-state index contributed by atoms with van der Waals surface area (Å²) >= 11 is 5.91. The largest absolute Gasteiger partial charge is 0.462 e. The van der Waals surface area contributed by atoms with E-state index in [1.807, 2.05) is 0 Å². The molecule has 0 atom stereocenters. The van der Waals surface area contributed by atoms with Gasteiger partial charge in [-0.25, -0.2) is 13.2 Å². The molecule has 0 amide bonds. The summed E-state index contributed by atoms with van der Waals surface area (Å²) in [5.74, 6) is -0.158. The third-order valence-electron chi connectivity index (χ3n) is 3.69. The predicted molar refractivity (Wildman–Crippen MR) is 109 cm³/mol. The SMILES string of the molecule is CCOC(=O)c1cc(NS(=O)(=O)c2ccccc2)ccc1Oc1cncc(Cl)c1. The molecule has 7 nitrogen and oxygen atoms in total. The molecular weight excluding hydrogens is 416 g/mol. The van der Waals surface area contributed by atoms with Crippen molar-refractivity contribution in [1.82, 2.24) is 4.98 Å². The summed E-state index contributed by atoms with van der Waals surface area (Å²) in [5, 5.41) is 0.368. The van der Waals surface area contributed by atoms with Crippen molar-refractivity contribution in [2.45, 2.75) is 11.8 Å². The van der Waals surface area contributed by atoms with Crippen molar-refractivity contribution in [1.29, 1.82) is 0 Å². The smallest absolute Gasteiger partial charge is 0.342 e. The van der Waals surface area contributed by atoms with Crippen molar-refractivity contribution in [2.75, 3.05) is 11.3 Å². The van der Waals surface area contributed by atoms with Gasteiger partial charge >= 0.3 is 5.97 Å². The van der Waals surface area contributed by atoms with E-state index in [1.54, 1.807) is 25.1 Å². The number of rotatable bonds is 7. The molecule has 0 spiro atoms. The molecule has 0 saturated carbocycles. The number of esters is 1. The Balaban J connectivity index is 1.94. The van der Waals surface area contributed by atoms with Gasteiger partial charge in [-0.3, -0.25) is 9.71 Å². The highest BCUT2D eigenvalue weighted by atomic mass is 35.5. The zero-order valence-electron chi connectivity index (χ0n) is 15.3. The Hall–Kier alpha value is -3.10. The molecular formula is C20H17ClN2O5S. The van der Waals surface area contributed by atoms with Crippen LogP contribution in [0.4, 0.5) is 5.69 Å². The second-order valence-electron chi connectivity index (χ2n) is 5.79. The number of nitrogens with zero attached hydrogens (tertiary/aromatic N) is 1. The molecule has 0 aliphatic carbocycles. The first-order valence-corrected chi connectivity index (χ1v) is 10.4. The standard InChI is InChI=1S/C20H17ClN2O5S/c1-2-27-20(24)18-11-15(23-29(25,26)17-6-4-3-5-7-17)8-9-19(18)28-16-10-14(21)12-22-13-16/h3-13,23H,2H2,1H3. The number of pyridine rings is 1. The minimum Gasteiger partial charge on any atom is -0.462 e. The van der Waals surface area contributed by atoms with Crippen molar-refractivity contribution >= 4 is 33.3 Å². The topological polar surface area (TPSA) is 94.6 Å². The van der Waals surface area contributed by atoms with E-state index >= 15 is 0 Å². The van der Waals surface area contributed by atoms with Crippen molar-refractivity contribution < 1.29 is 22.7 Å². The highest BCUT2D eigenvalue weighted by molar-refractivity contribution is 7.92. The van der Waals surface area contributed by atoms with Crippen molar-refractivity contribution in [2.24, 2.45) is 0 Å². The number of sulfonamides is 1. The van der Waals surface area contributed by atoms with Gasteiger partial charge in [0.1, 0.15) is 17.1 Å². The number of anilines is 1. The van der Waals surface area contributed by atoms with Crippen LogP contribution in [0.5, 0.6) is 11.5 Å². The number of carbonyl (C=O) groups excluding carboxylic acids is 1. The van der Waals surface area contributed by atoms with E-state index in [1.165, 1.54) is 48.8 Å². The molecule has 0 bridgehead atoms. The quantitative estimate of drug-likeness (QED) is 0.552. The lowest BCUT2D eigenvalue weighted by atomic mass is 10.2. The number of nitrogens with one attached hydrogen (secondary N) is 1. The van der Waals surface area contributed by atoms with E-state index in [0.717, 1.165) is 0 Å². The van der Waals surface area contributed by atoms with Gasteiger partial charge in [-0.1, -0.05) is 29.8 Å². The summed E-state index contributed by atoms with van der Waals surface area (Å²) in [5.41, 5.74) is 0.244. The van der Waals surface area contributed by atoms with Crippen LogP contribution >= 0.6 is 11.6 Å². The van der Waals surface area contributed by atoms with Gasteiger partial charge in [0.05, 0.1) is 22.7 Å². The molecule has 0 aliphatic heterocycles. The Morgan fingerprint density at radius 2 is 1.86 bits per heavy atom. The third kappa shape index (κ3) is 5.24. The molecule has 1 heterocycles. The zero-order valence-corrected chi connectivity index (χ0v) is 16.9. The van der Waals surface area contributed by atoms with Gasteiger partial charge in [0.15, 0.2) is 0 Å². The molecule has 0 fully saturated rings. The summed E-state index contributed by atoms with van der Waals surface area (Å²) in [6, 6.07) is 13.7. The van der Waals surface area contributed by atoms with Gasteiger partial charge in [0, 0.05) is 18.0 Å². The molecule has 9 heteroatoms. The van der Waals surface area contributed by atoms with Crippen LogP contribution < -0.4 is 9.46 Å². The number of benzene rings is 2. The van der Waals surface area contributed by atoms with Gasteiger partial charge in [-0.15, -0.1) is 0 Å². The van der Waals surface area contributed by atoms with Gasteiger partial charge in [-0.2, -0.15) is 0 Å². The Morgan fingerprint density at radius 1 is 1.10 bits per heavy atom. The molecule has 3 aromatic rings. The molecule has 1 N–H and O–H groups in total. The Morgan fingerprint density at radius 3 is 2.55 bits per heavy atom. The summed E-state index contributed by atoms with van der Waals surface area (Å²) in [4.78, 5) is 16.4. The lowest BCUT2D eigenvalue weighted by Gasteiger charge is -2.13. The minimum absolute atomic E-state index is 0.0556. The second kappa shape index (κ2) is 8.93. The molecule has 0 saturated heterocycles. The number of hydrogen-bond acceptors (Lipinski definition) is 6. The third-order valence-corrected chi connectivity index (χ3v) is 5.29. The molecule has 0 aliphatic rings. The molecule has 0 radical (unpaired) electrons. The lowest BCUT2D eigenvalue weighted by Crippen LogP contribution is -2.14. The van der Waals surface area contributed by atoms with E-state index in [2.05, 4.69) is 9.71 Å². The molecule has 2 aromatic carbocycles. The fourth-order valence-electron chi connectivity index (χ4n) is 2.44. The van der Waals surface area contributed by atoms with Gasteiger partial charge in [0.2, 0.25) is 0 Å². The van der Waals surface area contributed by atoms with Crippen LogP contribution in [0, 0.1) is 0 Å². The van der Waals surface area contributed by atoms with Crippen LogP contribution in [-0.2, 0) is 14.8 Å². The van der Waals surface area contributed by atoms with Crippen molar-refractivity contribution in [3.63, 3.8) is 0 Å². The molecule has 1 aromatic heterocycles. The number of carbonyl (C=O) groups is 1. The maximum atomic E-state index is 12.5. The number of ether oxygens (including phenoxy) is 2. The van der Waals surface area contributed by atoms with Crippen molar-refractivity contribution in [3.8, 4) is 11.5 Å². The fraction of sp³-hybridized carbons (Fsp3) is 0.100. The first-order valence-electron chi connectivity index (χ1n) is 8.56. The van der Waals surface area contributed by atoms with Gasteiger partial charge in [0.25, 0.3) is 10.0 Å². The van der Waals surface area contributed by atoms with Crippen LogP contribution in [0.1, 0.15) is 17.3 Å². The normalized spacial score (nSPS) is 11.0. The van der Waals surface area contributed by atoms with Crippen LogP contribution in [0.15, 0.2) is 71.9 Å². The maximum Gasteiger partial charge on any atom is 0.342 e. The highest BCUT2D eigenvalue weighted by Gasteiger charge is 2.19. The Kier molecular flexibility index (Phi) is 6.36. The molecule has 3 rings (SSSR count). The van der Waals surface area contributed by atoms with Crippen molar-refractivity contribution in [3.05, 3.63) is 77.6 Å². The number of halogens is 1. The van der Waals surface area contributed by atoms with Crippen LogP contribution in [0.25, 0.3) is 0 Å². The fourth-order valence-corrected chi connectivity index (χ4v) is 3.67. The average Bonchev–Trinajstić information content (AvgIpc) is 2.70. The van der Waals surface area contributed by atoms with E-state index in [4.69, 9.17) is 21.1 Å². The number of hydrogen-bond donors (Lipinski definition) is 1. The first kappa shape index (κ1) is 20.6. The number of aromatic nitrogens is 1.